The van der Waals surface area contributed by atoms with Crippen LogP contribution in [0.15, 0.2) is 48.9 Å². The number of pyridine rings is 1. The number of aromatic nitrogens is 5. The summed E-state index contributed by atoms with van der Waals surface area (Å²) in [6.07, 6.45) is 7.85. The molecule has 0 spiro atoms. The summed E-state index contributed by atoms with van der Waals surface area (Å²) in [6.45, 7) is 3.27. The summed E-state index contributed by atoms with van der Waals surface area (Å²) in [5.41, 5.74) is 3.79. The lowest BCUT2D eigenvalue weighted by molar-refractivity contribution is -0.137. The summed E-state index contributed by atoms with van der Waals surface area (Å²) in [5, 5.41) is 18.2. The van der Waals surface area contributed by atoms with Crippen molar-refractivity contribution in [2.24, 2.45) is 0 Å². The molecular formula is C25H26N6O3. The van der Waals surface area contributed by atoms with Crippen molar-refractivity contribution in [1.29, 1.82) is 0 Å². The van der Waals surface area contributed by atoms with E-state index in [1.54, 1.807) is 30.2 Å². The van der Waals surface area contributed by atoms with Crippen LogP contribution < -0.4 is 10.1 Å². The van der Waals surface area contributed by atoms with Gasteiger partial charge in [0, 0.05) is 42.0 Å². The molecule has 1 aliphatic heterocycles. The molecule has 9 nitrogen and oxygen atoms in total. The molecule has 0 unspecified atom stereocenters. The minimum absolute atomic E-state index is 0.121. The minimum Gasteiger partial charge on any atom is -0.493 e. The highest BCUT2D eigenvalue weighted by molar-refractivity contribution is 5.81. The minimum atomic E-state index is -0.917. The molecule has 5 rings (SSSR count). The van der Waals surface area contributed by atoms with Crippen LogP contribution in [0, 0.1) is 6.92 Å². The van der Waals surface area contributed by atoms with Crippen LogP contribution in [0.4, 0.5) is 5.82 Å². The molecule has 9 heteroatoms. The Hall–Kier alpha value is -4.01. The Kier molecular flexibility index (Phi) is 6.07. The second kappa shape index (κ2) is 9.46. The van der Waals surface area contributed by atoms with Crippen LogP contribution in [0.3, 0.4) is 0 Å². The van der Waals surface area contributed by atoms with Crippen LogP contribution in [0.5, 0.6) is 5.75 Å². The normalized spacial score (nSPS) is 13.8. The molecule has 3 aromatic heterocycles. The molecule has 34 heavy (non-hydrogen) atoms. The molecule has 0 saturated carbocycles. The summed E-state index contributed by atoms with van der Waals surface area (Å²) >= 11 is 0. The number of carbonyl (C=O) groups is 1. The number of hydrogen-bond acceptors (Lipinski definition) is 7. The molecule has 0 amide bonds. The third-order valence-electron chi connectivity index (χ3n) is 5.99. The summed E-state index contributed by atoms with van der Waals surface area (Å²) in [4.78, 5) is 24.7. The topological polar surface area (TPSA) is 115 Å². The Bertz CT molecular complexity index is 1320. The van der Waals surface area contributed by atoms with Gasteiger partial charge in [-0.3, -0.25) is 9.48 Å². The quantitative estimate of drug-likeness (QED) is 0.412. The SMILES string of the molecule is Cc1ncc([C@@H](CC(=O)O)n2ncc3cc(OCCc4ccc5c(n4)NCCC5)ccc32)cn1. The summed E-state index contributed by atoms with van der Waals surface area (Å²) in [7, 11) is 0. The van der Waals surface area contributed by atoms with Gasteiger partial charge in [0.2, 0.25) is 0 Å². The van der Waals surface area contributed by atoms with E-state index < -0.39 is 12.0 Å². The molecule has 0 aliphatic carbocycles. The van der Waals surface area contributed by atoms with Crippen molar-refractivity contribution in [2.75, 3.05) is 18.5 Å². The Morgan fingerprint density at radius 3 is 2.88 bits per heavy atom. The van der Waals surface area contributed by atoms with Gasteiger partial charge >= 0.3 is 5.97 Å². The first kappa shape index (κ1) is 21.8. The average molecular weight is 459 g/mol. The number of benzene rings is 1. The molecule has 4 aromatic rings. The largest absolute Gasteiger partial charge is 0.493 e. The molecule has 0 fully saturated rings. The summed E-state index contributed by atoms with van der Waals surface area (Å²) in [5.74, 6) is 1.44. The van der Waals surface area contributed by atoms with Gasteiger partial charge in [0.25, 0.3) is 0 Å². The van der Waals surface area contributed by atoms with Gasteiger partial charge in [-0.15, -0.1) is 0 Å². The van der Waals surface area contributed by atoms with Crippen LogP contribution in [-0.2, 0) is 17.6 Å². The predicted octanol–water partition coefficient (Wildman–Crippen LogP) is 3.57. The summed E-state index contributed by atoms with van der Waals surface area (Å²) < 4.78 is 7.70. The van der Waals surface area contributed by atoms with E-state index in [2.05, 4.69) is 32.5 Å². The number of nitrogens with zero attached hydrogens (tertiary/aromatic N) is 5. The first-order valence-electron chi connectivity index (χ1n) is 11.4. The zero-order valence-corrected chi connectivity index (χ0v) is 18.9. The maximum atomic E-state index is 11.5. The highest BCUT2D eigenvalue weighted by Gasteiger charge is 2.21. The zero-order chi connectivity index (χ0) is 23.5. The maximum Gasteiger partial charge on any atom is 0.305 e. The lowest BCUT2D eigenvalue weighted by atomic mass is 10.1. The highest BCUT2D eigenvalue weighted by Crippen LogP contribution is 2.28. The van der Waals surface area contributed by atoms with Crippen LogP contribution in [-0.4, -0.2) is 49.0 Å². The zero-order valence-electron chi connectivity index (χ0n) is 18.9. The van der Waals surface area contributed by atoms with Crippen molar-refractivity contribution in [1.82, 2.24) is 24.7 Å². The fourth-order valence-electron chi connectivity index (χ4n) is 4.24. The maximum absolute atomic E-state index is 11.5. The van der Waals surface area contributed by atoms with Crippen LogP contribution in [0.2, 0.25) is 0 Å². The van der Waals surface area contributed by atoms with Gasteiger partial charge in [0.1, 0.15) is 17.4 Å². The smallest absolute Gasteiger partial charge is 0.305 e. The lowest BCUT2D eigenvalue weighted by Gasteiger charge is -2.17. The van der Waals surface area contributed by atoms with Gasteiger partial charge in [0.05, 0.1) is 30.8 Å². The number of nitrogens with one attached hydrogen (secondary N) is 1. The molecule has 1 aliphatic rings. The van der Waals surface area contributed by atoms with Crippen molar-refractivity contribution in [3.63, 3.8) is 0 Å². The van der Waals surface area contributed by atoms with Crippen molar-refractivity contribution < 1.29 is 14.6 Å². The number of carboxylic acid groups (broad SMARTS) is 1. The van der Waals surface area contributed by atoms with Crippen molar-refractivity contribution >= 4 is 22.7 Å². The molecule has 0 bridgehead atoms. The Morgan fingerprint density at radius 1 is 1.21 bits per heavy atom. The number of fused-ring (bicyclic) bond motifs is 2. The molecule has 0 saturated heterocycles. The van der Waals surface area contributed by atoms with E-state index in [0.29, 0.717) is 24.4 Å². The van der Waals surface area contributed by atoms with Crippen LogP contribution in [0.25, 0.3) is 10.9 Å². The van der Waals surface area contributed by atoms with E-state index in [0.717, 1.165) is 47.6 Å². The molecule has 1 aromatic carbocycles. The van der Waals surface area contributed by atoms with Gasteiger partial charge in [-0.1, -0.05) is 6.07 Å². The van der Waals surface area contributed by atoms with E-state index in [1.807, 2.05) is 18.2 Å². The highest BCUT2D eigenvalue weighted by atomic mass is 16.5. The van der Waals surface area contributed by atoms with Crippen molar-refractivity contribution in [2.45, 2.75) is 38.6 Å². The molecular weight excluding hydrogens is 432 g/mol. The Balaban J connectivity index is 1.30. The van der Waals surface area contributed by atoms with E-state index >= 15 is 0 Å². The van der Waals surface area contributed by atoms with Gasteiger partial charge in [-0.05, 0) is 49.6 Å². The number of carboxylic acids is 1. The number of ether oxygens (including phenoxy) is 1. The number of aryl methyl sites for hydroxylation is 2. The van der Waals surface area contributed by atoms with E-state index in [1.165, 1.54) is 5.56 Å². The molecule has 1 atom stereocenters. The molecule has 0 radical (unpaired) electrons. The monoisotopic (exact) mass is 458 g/mol. The van der Waals surface area contributed by atoms with E-state index in [-0.39, 0.29) is 6.42 Å². The first-order chi connectivity index (χ1) is 16.6. The summed E-state index contributed by atoms with van der Waals surface area (Å²) in [6, 6.07) is 9.42. The van der Waals surface area contributed by atoms with Gasteiger partial charge < -0.3 is 15.2 Å². The Labute approximate surface area is 196 Å². The van der Waals surface area contributed by atoms with E-state index in [9.17, 15) is 9.90 Å². The molecule has 174 valence electrons. The standard InChI is InChI=1S/C25H26N6O3/c1-16-27-13-19(14-28-16)23(12-24(32)33)31-22-7-6-21(11-18(22)15-29-31)34-10-8-20-5-4-17-3-2-9-26-25(17)30-20/h4-7,11,13-15,23H,2-3,8-10,12H2,1H3,(H,26,30)(H,32,33)/t23-/m1/s1. The Morgan fingerprint density at radius 2 is 2.06 bits per heavy atom. The average Bonchev–Trinajstić information content (AvgIpc) is 3.26. The lowest BCUT2D eigenvalue weighted by Crippen LogP contribution is -2.17. The second-order valence-electron chi connectivity index (χ2n) is 8.43. The first-order valence-corrected chi connectivity index (χ1v) is 11.4. The fourth-order valence-corrected chi connectivity index (χ4v) is 4.24. The number of aliphatic carboxylic acids is 1. The number of hydrogen-bond donors (Lipinski definition) is 2. The fraction of sp³-hybridized carbons (Fsp3) is 0.320. The van der Waals surface area contributed by atoms with E-state index in [4.69, 9.17) is 9.72 Å². The molecule has 4 heterocycles. The van der Waals surface area contributed by atoms with Gasteiger partial charge in [0.15, 0.2) is 0 Å². The third kappa shape index (κ3) is 4.68. The third-order valence-corrected chi connectivity index (χ3v) is 5.99. The van der Waals surface area contributed by atoms with Gasteiger partial charge in [-0.2, -0.15) is 5.10 Å². The van der Waals surface area contributed by atoms with Crippen LogP contribution in [0.1, 0.15) is 41.5 Å². The van der Waals surface area contributed by atoms with Crippen molar-refractivity contribution in [3.8, 4) is 5.75 Å². The van der Waals surface area contributed by atoms with Gasteiger partial charge in [-0.25, -0.2) is 15.0 Å². The predicted molar refractivity (Wildman–Crippen MR) is 127 cm³/mol. The number of rotatable bonds is 8. The van der Waals surface area contributed by atoms with Crippen LogP contribution >= 0.6 is 0 Å². The van der Waals surface area contributed by atoms with Crippen molar-refractivity contribution in [3.05, 3.63) is 71.6 Å². The molecule has 2 N–H and O–H groups in total. The number of anilines is 1. The second-order valence-corrected chi connectivity index (χ2v) is 8.43.